The Morgan fingerprint density at radius 2 is 2.00 bits per heavy atom. The summed E-state index contributed by atoms with van der Waals surface area (Å²) in [6.45, 7) is 2.01. The number of anilines is 1. The lowest BCUT2D eigenvalue weighted by Gasteiger charge is -2.04. The minimum Gasteiger partial charge on any atom is -0.507 e. The van der Waals surface area contributed by atoms with E-state index in [9.17, 15) is 5.11 Å². The highest BCUT2D eigenvalue weighted by molar-refractivity contribution is 7.15. The third-order valence-electron chi connectivity index (χ3n) is 2.86. The minimum atomic E-state index is 0.301. The second-order valence-electron chi connectivity index (χ2n) is 4.01. The molecule has 0 aliphatic carbocycles. The van der Waals surface area contributed by atoms with Crippen molar-refractivity contribution in [3.05, 3.63) is 35.2 Å². The maximum absolute atomic E-state index is 10.2. The molecule has 16 heavy (non-hydrogen) atoms. The van der Waals surface area contributed by atoms with E-state index in [1.807, 2.05) is 30.5 Å². The lowest BCUT2D eigenvalue weighted by atomic mass is 10.0. The first kappa shape index (κ1) is 9.48. The third-order valence-corrected chi connectivity index (χ3v) is 3.69. The molecule has 0 atom stereocenters. The van der Waals surface area contributed by atoms with Crippen molar-refractivity contribution in [3.8, 4) is 5.75 Å². The first-order chi connectivity index (χ1) is 7.66. The molecule has 2 nitrogen and oxygen atoms in total. The summed E-state index contributed by atoms with van der Waals surface area (Å²) >= 11 is 1.46. The number of benzene rings is 2. The van der Waals surface area contributed by atoms with Gasteiger partial charge in [-0.25, -0.2) is 0 Å². The molecule has 0 radical (unpaired) electrons. The van der Waals surface area contributed by atoms with Gasteiger partial charge in [0.15, 0.2) is 0 Å². The fourth-order valence-corrected chi connectivity index (χ4v) is 2.82. The van der Waals surface area contributed by atoms with Crippen LogP contribution in [0.25, 0.3) is 21.5 Å². The summed E-state index contributed by atoms with van der Waals surface area (Å²) in [7, 11) is 0. The Labute approximate surface area is 96.9 Å². The maximum atomic E-state index is 10.2. The number of hydrogen-bond acceptors (Lipinski definition) is 3. The van der Waals surface area contributed by atoms with Gasteiger partial charge in [-0.2, -0.15) is 0 Å². The van der Waals surface area contributed by atoms with E-state index >= 15 is 0 Å². The van der Waals surface area contributed by atoms with Crippen molar-refractivity contribution < 1.29 is 5.11 Å². The molecule has 0 saturated carbocycles. The Hall–Kier alpha value is -1.74. The molecule has 3 aromatic rings. The van der Waals surface area contributed by atoms with Crippen LogP contribution >= 0.6 is 11.3 Å². The Morgan fingerprint density at radius 1 is 1.19 bits per heavy atom. The number of aryl methyl sites for hydroxylation is 1. The summed E-state index contributed by atoms with van der Waals surface area (Å²) in [5.74, 6) is 0.301. The standard InChI is InChI=1S/C13H11NOS/c1-7-2-3-8-5-9-6-16-13(14)11(9)12(15)10(8)4-7/h2-6,15H,14H2,1H3. The van der Waals surface area contributed by atoms with Crippen LogP contribution in [0.3, 0.4) is 0 Å². The maximum Gasteiger partial charge on any atom is 0.134 e. The van der Waals surface area contributed by atoms with Gasteiger partial charge in [-0.15, -0.1) is 11.3 Å². The molecule has 0 bridgehead atoms. The average molecular weight is 229 g/mol. The van der Waals surface area contributed by atoms with Crippen molar-refractivity contribution in [2.45, 2.75) is 6.92 Å². The molecule has 0 amide bonds. The molecule has 2 aromatic carbocycles. The number of nitrogen functional groups attached to an aromatic ring is 1. The molecule has 3 heteroatoms. The van der Waals surface area contributed by atoms with Crippen molar-refractivity contribution in [1.82, 2.24) is 0 Å². The molecule has 80 valence electrons. The Kier molecular flexibility index (Phi) is 1.85. The molecule has 0 unspecified atom stereocenters. The van der Waals surface area contributed by atoms with Gasteiger partial charge in [-0.1, -0.05) is 17.7 Å². The van der Waals surface area contributed by atoms with Gasteiger partial charge in [0.25, 0.3) is 0 Å². The summed E-state index contributed by atoms with van der Waals surface area (Å²) < 4.78 is 0. The van der Waals surface area contributed by atoms with E-state index in [0.29, 0.717) is 10.8 Å². The summed E-state index contributed by atoms with van der Waals surface area (Å²) in [6, 6.07) is 8.12. The van der Waals surface area contributed by atoms with Crippen LogP contribution in [-0.2, 0) is 0 Å². The van der Waals surface area contributed by atoms with Crippen LogP contribution in [0.5, 0.6) is 5.75 Å². The predicted molar refractivity (Wildman–Crippen MR) is 70.1 cm³/mol. The van der Waals surface area contributed by atoms with Gasteiger partial charge in [0.1, 0.15) is 5.75 Å². The smallest absolute Gasteiger partial charge is 0.134 e. The van der Waals surface area contributed by atoms with Crippen molar-refractivity contribution >= 4 is 37.9 Å². The molecule has 0 fully saturated rings. The van der Waals surface area contributed by atoms with Crippen molar-refractivity contribution in [3.63, 3.8) is 0 Å². The van der Waals surface area contributed by atoms with Gasteiger partial charge in [0, 0.05) is 10.8 Å². The van der Waals surface area contributed by atoms with Gasteiger partial charge in [-0.3, -0.25) is 0 Å². The largest absolute Gasteiger partial charge is 0.507 e. The molecule has 0 aliphatic heterocycles. The average Bonchev–Trinajstić information content (AvgIpc) is 2.62. The Morgan fingerprint density at radius 3 is 2.81 bits per heavy atom. The highest BCUT2D eigenvalue weighted by Crippen LogP contribution is 2.40. The number of hydrogen-bond donors (Lipinski definition) is 2. The summed E-state index contributed by atoms with van der Waals surface area (Å²) in [4.78, 5) is 0. The van der Waals surface area contributed by atoms with Crippen LogP contribution in [0.1, 0.15) is 5.56 Å². The number of nitrogens with two attached hydrogens (primary N) is 1. The van der Waals surface area contributed by atoms with Crippen molar-refractivity contribution in [1.29, 1.82) is 0 Å². The third kappa shape index (κ3) is 1.18. The van der Waals surface area contributed by atoms with Crippen LogP contribution in [0.15, 0.2) is 29.6 Å². The minimum absolute atomic E-state index is 0.301. The van der Waals surface area contributed by atoms with Crippen LogP contribution in [0.2, 0.25) is 0 Å². The summed E-state index contributed by atoms with van der Waals surface area (Å²) in [5, 5.41) is 16.6. The zero-order valence-electron chi connectivity index (χ0n) is 8.82. The number of phenolic OH excluding ortho intramolecular Hbond substituents is 1. The zero-order chi connectivity index (χ0) is 11.3. The SMILES string of the molecule is Cc1ccc2cc3csc(N)c3c(O)c2c1. The second-order valence-corrected chi connectivity index (χ2v) is 4.93. The van der Waals surface area contributed by atoms with Crippen molar-refractivity contribution in [2.24, 2.45) is 0 Å². The molecule has 3 rings (SSSR count). The topological polar surface area (TPSA) is 46.2 Å². The summed E-state index contributed by atoms with van der Waals surface area (Å²) in [5.41, 5.74) is 7.00. The molecule has 3 N–H and O–H groups in total. The number of fused-ring (bicyclic) bond motifs is 2. The van der Waals surface area contributed by atoms with Gasteiger partial charge >= 0.3 is 0 Å². The molecule has 1 heterocycles. The van der Waals surface area contributed by atoms with Crippen LogP contribution in [-0.4, -0.2) is 5.11 Å². The molecule has 0 spiro atoms. The van der Waals surface area contributed by atoms with Crippen LogP contribution in [0, 0.1) is 6.92 Å². The highest BCUT2D eigenvalue weighted by atomic mass is 32.1. The first-order valence-corrected chi connectivity index (χ1v) is 5.94. The molecular weight excluding hydrogens is 218 g/mol. The van der Waals surface area contributed by atoms with E-state index < -0.39 is 0 Å². The predicted octanol–water partition coefficient (Wildman–Crippen LogP) is 3.65. The fourth-order valence-electron chi connectivity index (χ4n) is 2.05. The van der Waals surface area contributed by atoms with E-state index in [1.165, 1.54) is 11.3 Å². The highest BCUT2D eigenvalue weighted by Gasteiger charge is 2.10. The normalized spacial score (nSPS) is 11.3. The lowest BCUT2D eigenvalue weighted by Crippen LogP contribution is -1.82. The monoisotopic (exact) mass is 229 g/mol. The quantitative estimate of drug-likeness (QED) is 0.618. The molecular formula is C13H11NOS. The first-order valence-electron chi connectivity index (χ1n) is 5.06. The number of thiophene rings is 1. The van der Waals surface area contributed by atoms with E-state index in [4.69, 9.17) is 5.73 Å². The number of aromatic hydroxyl groups is 1. The Balaban J connectivity index is 2.58. The van der Waals surface area contributed by atoms with E-state index in [2.05, 4.69) is 6.07 Å². The Bertz CT molecular complexity index is 700. The molecule has 1 aromatic heterocycles. The van der Waals surface area contributed by atoms with Gasteiger partial charge < -0.3 is 10.8 Å². The lowest BCUT2D eigenvalue weighted by molar-refractivity contribution is 0.488. The van der Waals surface area contributed by atoms with Gasteiger partial charge in [0.05, 0.1) is 10.4 Å². The van der Waals surface area contributed by atoms with Crippen LogP contribution < -0.4 is 5.73 Å². The van der Waals surface area contributed by atoms with Crippen LogP contribution in [0.4, 0.5) is 5.00 Å². The van der Waals surface area contributed by atoms with Gasteiger partial charge in [-0.05, 0) is 29.8 Å². The van der Waals surface area contributed by atoms with E-state index in [-0.39, 0.29) is 0 Å². The van der Waals surface area contributed by atoms with Crippen molar-refractivity contribution in [2.75, 3.05) is 5.73 Å². The molecule has 0 aliphatic rings. The van der Waals surface area contributed by atoms with Gasteiger partial charge in [0.2, 0.25) is 0 Å². The second kappa shape index (κ2) is 3.12. The summed E-state index contributed by atoms with van der Waals surface area (Å²) in [6.07, 6.45) is 0. The van der Waals surface area contributed by atoms with E-state index in [1.54, 1.807) is 0 Å². The van der Waals surface area contributed by atoms with E-state index in [0.717, 1.165) is 27.1 Å². The number of rotatable bonds is 0. The zero-order valence-corrected chi connectivity index (χ0v) is 9.64. The number of phenols is 1. The fraction of sp³-hybridized carbons (Fsp3) is 0.0769. The molecule has 0 saturated heterocycles.